The van der Waals surface area contributed by atoms with Gasteiger partial charge in [0.05, 0.1) is 5.92 Å². The van der Waals surface area contributed by atoms with Gasteiger partial charge in [-0.15, -0.1) is 0 Å². The third kappa shape index (κ3) is 3.46. The largest absolute Gasteiger partial charge is 0.481 e. The molecule has 0 saturated heterocycles. The molecule has 3 nitrogen and oxygen atoms in total. The highest BCUT2D eigenvalue weighted by Gasteiger charge is 2.26. The van der Waals surface area contributed by atoms with Crippen LogP contribution in [-0.2, 0) is 4.79 Å². The zero-order valence-corrected chi connectivity index (χ0v) is 11.1. The van der Waals surface area contributed by atoms with Crippen LogP contribution < -0.4 is 5.32 Å². The van der Waals surface area contributed by atoms with Crippen LogP contribution in [-0.4, -0.2) is 17.1 Å². The van der Waals surface area contributed by atoms with E-state index in [1.54, 1.807) is 0 Å². The van der Waals surface area contributed by atoms with Crippen LogP contribution in [0, 0.1) is 5.92 Å². The number of hydrogen-bond donors (Lipinski definition) is 2. The van der Waals surface area contributed by atoms with E-state index in [4.69, 9.17) is 5.11 Å². The second-order valence-corrected chi connectivity index (χ2v) is 5.47. The van der Waals surface area contributed by atoms with E-state index >= 15 is 0 Å². The molecule has 0 bridgehead atoms. The van der Waals surface area contributed by atoms with E-state index in [1.165, 1.54) is 0 Å². The molecule has 0 aromatic heterocycles. The molecule has 92 valence electrons. The minimum absolute atomic E-state index is 0.187. The Morgan fingerprint density at radius 1 is 1.41 bits per heavy atom. The lowest BCUT2D eigenvalue weighted by atomic mass is 9.85. The molecule has 0 spiro atoms. The fraction of sp³-hybridized carbons (Fsp3) is 0.462. The molecule has 1 aromatic carbocycles. The number of carboxylic acid groups (broad SMARTS) is 1. The number of benzene rings is 1. The SMILES string of the molecule is O=C(O)C1CCCC(Nc2cccc(Br)c2)C1. The predicted molar refractivity (Wildman–Crippen MR) is 71.1 cm³/mol. The van der Waals surface area contributed by atoms with Gasteiger partial charge in [-0.25, -0.2) is 0 Å². The molecule has 2 unspecified atom stereocenters. The van der Waals surface area contributed by atoms with Crippen LogP contribution in [0.1, 0.15) is 25.7 Å². The van der Waals surface area contributed by atoms with Gasteiger partial charge in [0.1, 0.15) is 0 Å². The molecule has 1 saturated carbocycles. The molecule has 0 radical (unpaired) electrons. The van der Waals surface area contributed by atoms with Crippen LogP contribution in [0.25, 0.3) is 0 Å². The van der Waals surface area contributed by atoms with E-state index in [0.717, 1.165) is 35.8 Å². The summed E-state index contributed by atoms with van der Waals surface area (Å²) in [5, 5.41) is 12.4. The third-order valence-electron chi connectivity index (χ3n) is 3.22. The monoisotopic (exact) mass is 297 g/mol. The lowest BCUT2D eigenvalue weighted by molar-refractivity contribution is -0.142. The normalized spacial score (nSPS) is 24.3. The lowest BCUT2D eigenvalue weighted by Gasteiger charge is -2.28. The molecule has 4 heteroatoms. The van der Waals surface area contributed by atoms with Crippen LogP contribution in [0.5, 0.6) is 0 Å². The zero-order chi connectivity index (χ0) is 12.3. The first-order chi connectivity index (χ1) is 8.15. The summed E-state index contributed by atoms with van der Waals surface area (Å²) in [5.74, 6) is -0.848. The molecule has 0 aliphatic heterocycles. The summed E-state index contributed by atoms with van der Waals surface area (Å²) >= 11 is 3.43. The second-order valence-electron chi connectivity index (χ2n) is 4.55. The summed E-state index contributed by atoms with van der Waals surface area (Å²) in [6, 6.07) is 8.26. The van der Waals surface area contributed by atoms with Crippen LogP contribution in [0.4, 0.5) is 5.69 Å². The van der Waals surface area contributed by atoms with Crippen LogP contribution in [0.2, 0.25) is 0 Å². The van der Waals surface area contributed by atoms with Gasteiger partial charge in [0.25, 0.3) is 0 Å². The van der Waals surface area contributed by atoms with Crippen LogP contribution >= 0.6 is 15.9 Å². The number of carbonyl (C=O) groups is 1. The number of rotatable bonds is 3. The maximum absolute atomic E-state index is 11.0. The quantitative estimate of drug-likeness (QED) is 0.898. The molecule has 0 amide bonds. The van der Waals surface area contributed by atoms with Gasteiger partial charge in [-0.05, 0) is 37.5 Å². The number of aliphatic carboxylic acids is 1. The minimum Gasteiger partial charge on any atom is -0.481 e. The van der Waals surface area contributed by atoms with Crippen molar-refractivity contribution in [3.05, 3.63) is 28.7 Å². The highest BCUT2D eigenvalue weighted by molar-refractivity contribution is 9.10. The molecular weight excluding hydrogens is 282 g/mol. The topological polar surface area (TPSA) is 49.3 Å². The predicted octanol–water partition coefficient (Wildman–Crippen LogP) is 3.50. The summed E-state index contributed by atoms with van der Waals surface area (Å²) in [6.45, 7) is 0. The summed E-state index contributed by atoms with van der Waals surface area (Å²) in [7, 11) is 0. The molecular formula is C13H16BrNO2. The van der Waals surface area contributed by atoms with Gasteiger partial charge in [0, 0.05) is 16.2 Å². The van der Waals surface area contributed by atoms with E-state index in [9.17, 15) is 4.79 Å². The number of anilines is 1. The van der Waals surface area contributed by atoms with Gasteiger partial charge >= 0.3 is 5.97 Å². The van der Waals surface area contributed by atoms with Gasteiger partial charge in [0.2, 0.25) is 0 Å². The Bertz CT molecular complexity index is 408. The van der Waals surface area contributed by atoms with E-state index in [-0.39, 0.29) is 12.0 Å². The Morgan fingerprint density at radius 2 is 2.24 bits per heavy atom. The Kier molecular flexibility index (Phi) is 4.05. The summed E-state index contributed by atoms with van der Waals surface area (Å²) in [6.07, 6.45) is 3.58. The van der Waals surface area contributed by atoms with Crippen molar-refractivity contribution in [2.45, 2.75) is 31.7 Å². The van der Waals surface area contributed by atoms with E-state index in [1.807, 2.05) is 24.3 Å². The highest BCUT2D eigenvalue weighted by atomic mass is 79.9. The molecule has 1 fully saturated rings. The highest BCUT2D eigenvalue weighted by Crippen LogP contribution is 2.27. The minimum atomic E-state index is -0.661. The van der Waals surface area contributed by atoms with Crippen molar-refractivity contribution in [2.75, 3.05) is 5.32 Å². The zero-order valence-electron chi connectivity index (χ0n) is 9.53. The smallest absolute Gasteiger partial charge is 0.306 e. The van der Waals surface area contributed by atoms with Crippen molar-refractivity contribution < 1.29 is 9.90 Å². The number of halogens is 1. The van der Waals surface area contributed by atoms with E-state index < -0.39 is 5.97 Å². The Hall–Kier alpha value is -1.03. The van der Waals surface area contributed by atoms with Gasteiger partial charge in [-0.2, -0.15) is 0 Å². The molecule has 17 heavy (non-hydrogen) atoms. The fourth-order valence-electron chi connectivity index (χ4n) is 2.36. The molecule has 1 aliphatic carbocycles. The number of nitrogens with one attached hydrogen (secondary N) is 1. The maximum atomic E-state index is 11.0. The molecule has 0 heterocycles. The Labute approximate surface area is 109 Å². The lowest BCUT2D eigenvalue weighted by Crippen LogP contribution is -2.30. The maximum Gasteiger partial charge on any atom is 0.306 e. The molecule has 1 aromatic rings. The van der Waals surface area contributed by atoms with Gasteiger partial charge < -0.3 is 10.4 Å². The van der Waals surface area contributed by atoms with Crippen LogP contribution in [0.15, 0.2) is 28.7 Å². The van der Waals surface area contributed by atoms with Crippen molar-refractivity contribution in [3.8, 4) is 0 Å². The van der Waals surface area contributed by atoms with Crippen molar-refractivity contribution >= 4 is 27.6 Å². The molecule has 2 N–H and O–H groups in total. The van der Waals surface area contributed by atoms with E-state index in [2.05, 4.69) is 21.2 Å². The average Bonchev–Trinajstić information content (AvgIpc) is 2.29. The summed E-state index contributed by atoms with van der Waals surface area (Å²) in [4.78, 5) is 11.0. The van der Waals surface area contributed by atoms with Gasteiger partial charge in [-0.3, -0.25) is 4.79 Å². The van der Waals surface area contributed by atoms with Crippen molar-refractivity contribution in [3.63, 3.8) is 0 Å². The number of carboxylic acids is 1. The third-order valence-corrected chi connectivity index (χ3v) is 3.71. The van der Waals surface area contributed by atoms with Crippen molar-refractivity contribution in [1.29, 1.82) is 0 Å². The molecule has 2 rings (SSSR count). The first-order valence-corrected chi connectivity index (χ1v) is 6.69. The Morgan fingerprint density at radius 3 is 2.94 bits per heavy atom. The second kappa shape index (κ2) is 5.54. The van der Waals surface area contributed by atoms with Crippen molar-refractivity contribution in [2.24, 2.45) is 5.92 Å². The summed E-state index contributed by atoms with van der Waals surface area (Å²) in [5.41, 5.74) is 1.05. The standard InChI is InChI=1S/C13H16BrNO2/c14-10-4-2-6-12(8-10)15-11-5-1-3-9(7-11)13(16)17/h2,4,6,8-9,11,15H,1,3,5,7H2,(H,16,17). The average molecular weight is 298 g/mol. The van der Waals surface area contributed by atoms with Gasteiger partial charge in [0.15, 0.2) is 0 Å². The number of hydrogen-bond acceptors (Lipinski definition) is 2. The van der Waals surface area contributed by atoms with Crippen LogP contribution in [0.3, 0.4) is 0 Å². The van der Waals surface area contributed by atoms with Gasteiger partial charge in [-0.1, -0.05) is 28.4 Å². The van der Waals surface area contributed by atoms with Crippen molar-refractivity contribution in [1.82, 2.24) is 0 Å². The molecule has 1 aliphatic rings. The fourth-order valence-corrected chi connectivity index (χ4v) is 2.76. The van der Waals surface area contributed by atoms with E-state index in [0.29, 0.717) is 0 Å². The Balaban J connectivity index is 1.97. The first-order valence-electron chi connectivity index (χ1n) is 5.90. The molecule has 2 atom stereocenters. The summed E-state index contributed by atoms with van der Waals surface area (Å²) < 4.78 is 1.04. The first kappa shape index (κ1) is 12.4.